The van der Waals surface area contributed by atoms with E-state index in [1.807, 2.05) is 49.8 Å². The Kier molecular flexibility index (Phi) is 4.97. The van der Waals surface area contributed by atoms with Gasteiger partial charge in [0.05, 0.1) is 23.4 Å². The first kappa shape index (κ1) is 18.0. The molecule has 144 valence electrons. The van der Waals surface area contributed by atoms with E-state index in [0.29, 0.717) is 18.8 Å². The second-order valence-corrected chi connectivity index (χ2v) is 6.67. The fourth-order valence-electron chi connectivity index (χ4n) is 3.43. The summed E-state index contributed by atoms with van der Waals surface area (Å²) in [6, 6.07) is 11.1. The molecule has 1 amide bonds. The summed E-state index contributed by atoms with van der Waals surface area (Å²) in [4.78, 5) is 26.6. The number of ether oxygens (including phenoxy) is 1. The van der Waals surface area contributed by atoms with Gasteiger partial charge in [-0.25, -0.2) is 14.8 Å². The van der Waals surface area contributed by atoms with E-state index in [0.717, 1.165) is 28.9 Å². The van der Waals surface area contributed by atoms with Crippen molar-refractivity contribution >= 4 is 22.8 Å². The highest BCUT2D eigenvalue weighted by Crippen LogP contribution is 2.25. The van der Waals surface area contributed by atoms with Crippen molar-refractivity contribution in [1.82, 2.24) is 24.3 Å². The molecule has 3 aromatic heterocycles. The second-order valence-electron chi connectivity index (χ2n) is 6.67. The molecule has 7 nitrogen and oxygen atoms in total. The highest BCUT2D eigenvalue weighted by atomic mass is 16.6. The number of carbonyl (C=O) groups excluding carboxylic acids is 1. The van der Waals surface area contributed by atoms with Gasteiger partial charge in [0, 0.05) is 25.2 Å². The molecule has 7 heteroatoms. The SMILES string of the molecule is CC[C@H](CN(CC)C(=O)Oc1ccccc1)c1ncc2cnc3[nH]ccc3n12. The molecule has 4 aromatic rings. The summed E-state index contributed by atoms with van der Waals surface area (Å²) in [6.07, 6.45) is 6.01. The van der Waals surface area contributed by atoms with E-state index in [4.69, 9.17) is 4.74 Å². The van der Waals surface area contributed by atoms with Crippen LogP contribution in [-0.2, 0) is 0 Å². The van der Waals surface area contributed by atoms with E-state index in [9.17, 15) is 4.79 Å². The van der Waals surface area contributed by atoms with Crippen LogP contribution in [0.5, 0.6) is 5.75 Å². The van der Waals surface area contributed by atoms with Crippen LogP contribution in [0, 0.1) is 0 Å². The highest BCUT2D eigenvalue weighted by Gasteiger charge is 2.23. The standard InChI is InChI=1S/C21H23N5O2/c1-3-15(14-25(4-2)21(27)28-17-8-6-5-7-9-17)20-24-13-16-12-23-19-18(26(16)20)10-11-22-19/h5-13,15,22H,3-4,14H2,1-2H3/t15-/m1/s1. The van der Waals surface area contributed by atoms with Crippen molar-refractivity contribution < 1.29 is 9.53 Å². The van der Waals surface area contributed by atoms with Crippen molar-refractivity contribution in [3.8, 4) is 5.75 Å². The molecule has 0 aliphatic rings. The highest BCUT2D eigenvalue weighted by molar-refractivity contribution is 5.75. The number of hydrogen-bond donors (Lipinski definition) is 1. The minimum absolute atomic E-state index is 0.0753. The van der Waals surface area contributed by atoms with Crippen LogP contribution in [0.15, 0.2) is 55.0 Å². The minimum Gasteiger partial charge on any atom is -0.410 e. The van der Waals surface area contributed by atoms with E-state index >= 15 is 0 Å². The monoisotopic (exact) mass is 377 g/mol. The first-order chi connectivity index (χ1) is 13.7. The Bertz CT molecular complexity index is 1090. The maximum Gasteiger partial charge on any atom is 0.415 e. The largest absolute Gasteiger partial charge is 0.415 e. The first-order valence-electron chi connectivity index (χ1n) is 9.52. The molecule has 0 saturated heterocycles. The van der Waals surface area contributed by atoms with Crippen LogP contribution in [0.25, 0.3) is 16.7 Å². The van der Waals surface area contributed by atoms with Gasteiger partial charge >= 0.3 is 6.09 Å². The summed E-state index contributed by atoms with van der Waals surface area (Å²) < 4.78 is 7.63. The lowest BCUT2D eigenvalue weighted by atomic mass is 10.1. The number of nitrogens with one attached hydrogen (secondary N) is 1. The maximum atomic E-state index is 12.7. The number of fused-ring (bicyclic) bond motifs is 3. The van der Waals surface area contributed by atoms with Crippen LogP contribution < -0.4 is 4.74 Å². The average molecular weight is 377 g/mol. The van der Waals surface area contributed by atoms with Crippen LogP contribution in [0.3, 0.4) is 0 Å². The number of carbonyl (C=O) groups is 1. The number of nitrogens with zero attached hydrogens (tertiary/aromatic N) is 4. The van der Waals surface area contributed by atoms with Gasteiger partial charge in [0.25, 0.3) is 0 Å². The molecular formula is C21H23N5O2. The smallest absolute Gasteiger partial charge is 0.410 e. The predicted molar refractivity (Wildman–Crippen MR) is 108 cm³/mol. The van der Waals surface area contributed by atoms with Gasteiger partial charge < -0.3 is 14.6 Å². The molecule has 1 N–H and O–H groups in total. The Labute approximate surface area is 163 Å². The number of likely N-dealkylation sites (N-methyl/N-ethyl adjacent to an activating group) is 1. The van der Waals surface area contributed by atoms with Gasteiger partial charge in [0.2, 0.25) is 0 Å². The Morgan fingerprint density at radius 1 is 1.18 bits per heavy atom. The van der Waals surface area contributed by atoms with E-state index < -0.39 is 0 Å². The summed E-state index contributed by atoms with van der Waals surface area (Å²) in [5.74, 6) is 1.55. The normalized spacial score (nSPS) is 12.4. The molecule has 4 rings (SSSR count). The molecular weight excluding hydrogens is 354 g/mol. The lowest BCUT2D eigenvalue weighted by molar-refractivity contribution is 0.150. The van der Waals surface area contributed by atoms with Crippen molar-refractivity contribution in [2.24, 2.45) is 0 Å². The number of amides is 1. The number of benzene rings is 1. The van der Waals surface area contributed by atoms with Crippen molar-refractivity contribution in [1.29, 1.82) is 0 Å². The van der Waals surface area contributed by atoms with E-state index in [-0.39, 0.29) is 12.0 Å². The van der Waals surface area contributed by atoms with Crippen molar-refractivity contribution in [3.05, 3.63) is 60.8 Å². The second kappa shape index (κ2) is 7.72. The minimum atomic E-state index is -0.346. The summed E-state index contributed by atoms with van der Waals surface area (Å²) in [5.41, 5.74) is 2.74. The quantitative estimate of drug-likeness (QED) is 0.546. The molecule has 0 spiro atoms. The van der Waals surface area contributed by atoms with Crippen molar-refractivity contribution in [2.75, 3.05) is 13.1 Å². The topological polar surface area (TPSA) is 75.5 Å². The van der Waals surface area contributed by atoms with Crippen LogP contribution in [-0.4, -0.2) is 43.4 Å². The number of rotatable bonds is 6. The van der Waals surface area contributed by atoms with Crippen LogP contribution in [0.4, 0.5) is 4.79 Å². The molecule has 28 heavy (non-hydrogen) atoms. The average Bonchev–Trinajstić information content (AvgIpc) is 3.36. The van der Waals surface area contributed by atoms with Crippen LogP contribution in [0.2, 0.25) is 0 Å². The lowest BCUT2D eigenvalue weighted by Gasteiger charge is -2.25. The number of aromatic amines is 1. The molecule has 0 radical (unpaired) electrons. The summed E-state index contributed by atoms with van der Waals surface area (Å²) in [6.45, 7) is 5.16. The van der Waals surface area contributed by atoms with Gasteiger partial charge in [-0.05, 0) is 31.5 Å². The van der Waals surface area contributed by atoms with Gasteiger partial charge in [-0.15, -0.1) is 0 Å². The van der Waals surface area contributed by atoms with E-state index in [1.54, 1.807) is 17.0 Å². The molecule has 0 aliphatic carbocycles. The summed E-state index contributed by atoms with van der Waals surface area (Å²) >= 11 is 0. The number of para-hydroxylation sites is 1. The fourth-order valence-corrected chi connectivity index (χ4v) is 3.43. The van der Waals surface area contributed by atoms with Gasteiger partial charge in [-0.3, -0.25) is 4.40 Å². The molecule has 3 heterocycles. The van der Waals surface area contributed by atoms with Gasteiger partial charge in [-0.2, -0.15) is 0 Å². The molecule has 0 unspecified atom stereocenters. The van der Waals surface area contributed by atoms with Gasteiger partial charge in [0.15, 0.2) is 5.65 Å². The molecule has 0 saturated carbocycles. The zero-order valence-corrected chi connectivity index (χ0v) is 16.0. The summed E-state index contributed by atoms with van der Waals surface area (Å²) in [7, 11) is 0. The predicted octanol–water partition coefficient (Wildman–Crippen LogP) is 4.23. The Morgan fingerprint density at radius 3 is 2.71 bits per heavy atom. The number of hydrogen-bond acceptors (Lipinski definition) is 4. The third-order valence-corrected chi connectivity index (χ3v) is 4.97. The van der Waals surface area contributed by atoms with Crippen LogP contribution in [0.1, 0.15) is 32.0 Å². The Hall–Kier alpha value is -3.35. The van der Waals surface area contributed by atoms with Crippen molar-refractivity contribution in [3.63, 3.8) is 0 Å². The number of imidazole rings is 1. The number of H-pyrrole nitrogens is 1. The summed E-state index contributed by atoms with van der Waals surface area (Å²) in [5, 5.41) is 0. The molecule has 0 bridgehead atoms. The van der Waals surface area contributed by atoms with Crippen molar-refractivity contribution in [2.45, 2.75) is 26.2 Å². The first-order valence-corrected chi connectivity index (χ1v) is 9.52. The Morgan fingerprint density at radius 2 is 1.96 bits per heavy atom. The zero-order chi connectivity index (χ0) is 19.5. The molecule has 0 aliphatic heterocycles. The Balaban J connectivity index is 1.61. The molecule has 1 atom stereocenters. The van der Waals surface area contributed by atoms with Crippen LogP contribution >= 0.6 is 0 Å². The van der Waals surface area contributed by atoms with Gasteiger partial charge in [0.1, 0.15) is 11.6 Å². The molecule has 0 fully saturated rings. The number of aromatic nitrogens is 4. The third-order valence-electron chi connectivity index (χ3n) is 4.97. The van der Waals surface area contributed by atoms with E-state index in [1.165, 1.54) is 0 Å². The fraction of sp³-hybridized carbons (Fsp3) is 0.286. The maximum absolute atomic E-state index is 12.7. The van der Waals surface area contributed by atoms with Gasteiger partial charge in [-0.1, -0.05) is 25.1 Å². The van der Waals surface area contributed by atoms with E-state index in [2.05, 4.69) is 26.3 Å². The zero-order valence-electron chi connectivity index (χ0n) is 16.0. The lowest BCUT2D eigenvalue weighted by Crippen LogP contribution is -2.37. The third kappa shape index (κ3) is 3.31. The molecule has 1 aromatic carbocycles.